The van der Waals surface area contributed by atoms with Gasteiger partial charge in [0.15, 0.2) is 11.4 Å². The SMILES string of the molecule is Cc1ccc(C(C)c2[nH]nc3c2C(O)(C(F)(F)F)CC(=O)N3)s1. The number of aromatic amines is 1. The van der Waals surface area contributed by atoms with E-state index in [-0.39, 0.29) is 11.5 Å². The molecule has 3 rings (SSSR count). The number of hydrogen-bond donors (Lipinski definition) is 3. The van der Waals surface area contributed by atoms with E-state index in [2.05, 4.69) is 15.5 Å². The molecule has 23 heavy (non-hydrogen) atoms. The topological polar surface area (TPSA) is 78.0 Å². The van der Waals surface area contributed by atoms with Crippen LogP contribution in [0.4, 0.5) is 19.0 Å². The van der Waals surface area contributed by atoms with Crippen molar-refractivity contribution in [3.63, 3.8) is 0 Å². The highest BCUT2D eigenvalue weighted by Crippen LogP contribution is 2.49. The van der Waals surface area contributed by atoms with Gasteiger partial charge in [0, 0.05) is 15.7 Å². The highest BCUT2D eigenvalue weighted by Gasteiger charge is 2.60. The number of amides is 1. The largest absolute Gasteiger partial charge is 0.422 e. The van der Waals surface area contributed by atoms with E-state index in [4.69, 9.17) is 0 Å². The summed E-state index contributed by atoms with van der Waals surface area (Å²) in [7, 11) is 0. The van der Waals surface area contributed by atoms with Gasteiger partial charge in [-0.1, -0.05) is 6.92 Å². The predicted molar refractivity (Wildman–Crippen MR) is 78.4 cm³/mol. The first-order valence-electron chi connectivity index (χ1n) is 6.87. The van der Waals surface area contributed by atoms with Crippen LogP contribution in [-0.2, 0) is 10.4 Å². The number of anilines is 1. The molecule has 9 heteroatoms. The molecule has 0 radical (unpaired) electrons. The fraction of sp³-hybridized carbons (Fsp3) is 0.429. The van der Waals surface area contributed by atoms with Crippen LogP contribution in [-0.4, -0.2) is 27.4 Å². The molecule has 0 spiro atoms. The Morgan fingerprint density at radius 3 is 2.70 bits per heavy atom. The molecule has 0 saturated carbocycles. The highest BCUT2D eigenvalue weighted by molar-refractivity contribution is 7.12. The van der Waals surface area contributed by atoms with Gasteiger partial charge in [-0.3, -0.25) is 9.89 Å². The Kier molecular flexibility index (Phi) is 3.53. The Hall–Kier alpha value is -1.87. The molecule has 0 fully saturated rings. The summed E-state index contributed by atoms with van der Waals surface area (Å²) in [6.07, 6.45) is -6.06. The average Bonchev–Trinajstić information content (AvgIpc) is 3.03. The first-order valence-corrected chi connectivity index (χ1v) is 7.69. The molecule has 0 aromatic carbocycles. The van der Waals surface area contributed by atoms with Crippen molar-refractivity contribution in [2.75, 3.05) is 5.32 Å². The number of carbonyl (C=O) groups excluding carboxylic acids is 1. The van der Waals surface area contributed by atoms with Gasteiger partial charge in [0.2, 0.25) is 5.91 Å². The molecule has 5 nitrogen and oxygen atoms in total. The highest BCUT2D eigenvalue weighted by atomic mass is 32.1. The minimum atomic E-state index is -4.98. The van der Waals surface area contributed by atoms with Crippen molar-refractivity contribution in [1.82, 2.24) is 10.2 Å². The molecule has 2 aromatic rings. The number of aryl methyl sites for hydroxylation is 1. The number of aliphatic hydroxyl groups is 1. The molecule has 1 amide bonds. The van der Waals surface area contributed by atoms with Crippen molar-refractivity contribution < 1.29 is 23.1 Å². The van der Waals surface area contributed by atoms with Gasteiger partial charge in [0.25, 0.3) is 0 Å². The van der Waals surface area contributed by atoms with Gasteiger partial charge in [-0.05, 0) is 19.1 Å². The van der Waals surface area contributed by atoms with Gasteiger partial charge in [-0.15, -0.1) is 11.3 Å². The standard InChI is InChI=1S/C14H14F3N3O2S/c1-6-3-4-8(23-6)7(2)11-10-12(20-19-11)18-9(21)5-13(10,22)14(15,16)17/h3-4,7,22H,5H2,1-2H3,(H2,18,19,20,21). The van der Waals surface area contributed by atoms with Crippen molar-refractivity contribution in [3.05, 3.63) is 33.1 Å². The number of nitrogens with zero attached hydrogens (tertiary/aromatic N) is 1. The van der Waals surface area contributed by atoms with E-state index in [9.17, 15) is 23.1 Å². The summed E-state index contributed by atoms with van der Waals surface area (Å²) in [5.41, 5.74) is -3.49. The first kappa shape index (κ1) is 16.0. The zero-order valence-corrected chi connectivity index (χ0v) is 13.1. The van der Waals surface area contributed by atoms with E-state index in [0.717, 1.165) is 9.75 Å². The summed E-state index contributed by atoms with van der Waals surface area (Å²) in [5.74, 6) is -1.61. The van der Waals surface area contributed by atoms with Crippen molar-refractivity contribution in [2.45, 2.75) is 38.0 Å². The van der Waals surface area contributed by atoms with Crippen molar-refractivity contribution >= 4 is 23.1 Å². The summed E-state index contributed by atoms with van der Waals surface area (Å²) in [6, 6.07) is 3.70. The van der Waals surface area contributed by atoms with Crippen LogP contribution >= 0.6 is 11.3 Å². The van der Waals surface area contributed by atoms with E-state index in [1.54, 1.807) is 6.92 Å². The first-order chi connectivity index (χ1) is 10.6. The van der Waals surface area contributed by atoms with Crippen molar-refractivity contribution in [1.29, 1.82) is 0 Å². The van der Waals surface area contributed by atoms with Crippen LogP contribution in [0, 0.1) is 6.92 Å². The third kappa shape index (κ3) is 2.43. The minimum Gasteiger partial charge on any atom is -0.376 e. The zero-order valence-electron chi connectivity index (χ0n) is 12.3. The smallest absolute Gasteiger partial charge is 0.376 e. The number of fused-ring (bicyclic) bond motifs is 1. The van der Waals surface area contributed by atoms with Crippen LogP contribution in [0.2, 0.25) is 0 Å². The maximum Gasteiger partial charge on any atom is 0.422 e. The maximum atomic E-state index is 13.4. The van der Waals surface area contributed by atoms with E-state index < -0.39 is 35.6 Å². The van der Waals surface area contributed by atoms with Crippen LogP contribution < -0.4 is 5.32 Å². The quantitative estimate of drug-likeness (QED) is 0.783. The predicted octanol–water partition coefficient (Wildman–Crippen LogP) is 3.02. The Labute approximate surface area is 133 Å². The third-order valence-corrected chi connectivity index (χ3v) is 5.16. The molecular formula is C14H14F3N3O2S. The van der Waals surface area contributed by atoms with Gasteiger partial charge in [-0.2, -0.15) is 18.3 Å². The normalized spacial score (nSPS) is 22.6. The van der Waals surface area contributed by atoms with E-state index in [1.165, 1.54) is 11.3 Å². The van der Waals surface area contributed by atoms with E-state index >= 15 is 0 Å². The molecule has 3 N–H and O–H groups in total. The molecule has 124 valence electrons. The Balaban J connectivity index is 2.15. The summed E-state index contributed by atoms with van der Waals surface area (Å²) in [6.45, 7) is 3.63. The van der Waals surface area contributed by atoms with Gasteiger partial charge >= 0.3 is 6.18 Å². The molecule has 3 heterocycles. The monoisotopic (exact) mass is 345 g/mol. The third-order valence-electron chi connectivity index (χ3n) is 3.97. The molecule has 0 aliphatic carbocycles. The summed E-state index contributed by atoms with van der Waals surface area (Å²) >= 11 is 1.45. The van der Waals surface area contributed by atoms with Crippen LogP contribution in [0.1, 0.15) is 40.3 Å². The second kappa shape index (κ2) is 5.07. The average molecular weight is 345 g/mol. The molecule has 2 unspecified atom stereocenters. The number of aromatic nitrogens is 2. The van der Waals surface area contributed by atoms with Gasteiger partial charge < -0.3 is 10.4 Å². The molecule has 1 aliphatic rings. The second-order valence-electron chi connectivity index (χ2n) is 5.61. The van der Waals surface area contributed by atoms with Crippen LogP contribution in [0.5, 0.6) is 0 Å². The van der Waals surface area contributed by atoms with Gasteiger partial charge in [0.05, 0.1) is 17.7 Å². The molecule has 1 aliphatic heterocycles. The van der Waals surface area contributed by atoms with Crippen molar-refractivity contribution in [2.24, 2.45) is 0 Å². The Bertz CT molecular complexity index is 768. The number of hydrogen-bond acceptors (Lipinski definition) is 4. The summed E-state index contributed by atoms with van der Waals surface area (Å²) < 4.78 is 40.3. The number of rotatable bonds is 2. The maximum absolute atomic E-state index is 13.4. The van der Waals surface area contributed by atoms with Gasteiger partial charge in [0.1, 0.15) is 0 Å². The van der Waals surface area contributed by atoms with Crippen LogP contribution in [0.3, 0.4) is 0 Å². The summed E-state index contributed by atoms with van der Waals surface area (Å²) in [4.78, 5) is 13.4. The Morgan fingerprint density at radius 2 is 2.13 bits per heavy atom. The molecule has 0 saturated heterocycles. The number of nitrogens with one attached hydrogen (secondary N) is 2. The number of thiophene rings is 1. The van der Waals surface area contributed by atoms with E-state index in [1.807, 2.05) is 19.1 Å². The second-order valence-corrected chi connectivity index (χ2v) is 6.93. The minimum absolute atomic E-state index is 0.154. The lowest BCUT2D eigenvalue weighted by atomic mass is 9.83. The molecule has 0 bridgehead atoms. The van der Waals surface area contributed by atoms with E-state index in [0.29, 0.717) is 0 Å². The molecule has 2 aromatic heterocycles. The van der Waals surface area contributed by atoms with Gasteiger partial charge in [-0.25, -0.2) is 0 Å². The molecule has 2 atom stereocenters. The van der Waals surface area contributed by atoms with Crippen LogP contribution in [0.25, 0.3) is 0 Å². The molecular weight excluding hydrogens is 331 g/mol. The number of H-pyrrole nitrogens is 1. The zero-order chi connectivity index (χ0) is 17.0. The number of halogens is 3. The number of carbonyl (C=O) groups is 1. The number of alkyl halides is 3. The Morgan fingerprint density at radius 1 is 1.43 bits per heavy atom. The lowest BCUT2D eigenvalue weighted by molar-refractivity contribution is -0.267. The van der Waals surface area contributed by atoms with Crippen LogP contribution in [0.15, 0.2) is 12.1 Å². The summed E-state index contributed by atoms with van der Waals surface area (Å²) in [5, 5.41) is 18.9. The lowest BCUT2D eigenvalue weighted by Gasteiger charge is -2.34. The fourth-order valence-corrected chi connectivity index (χ4v) is 3.68. The lowest BCUT2D eigenvalue weighted by Crippen LogP contribution is -2.48. The fourth-order valence-electron chi connectivity index (χ4n) is 2.75. The van der Waals surface area contributed by atoms with Crippen molar-refractivity contribution in [3.8, 4) is 0 Å².